The van der Waals surface area contributed by atoms with Crippen molar-refractivity contribution in [1.82, 2.24) is 4.98 Å². The predicted octanol–water partition coefficient (Wildman–Crippen LogP) is 4.73. The first-order valence-corrected chi connectivity index (χ1v) is 7.22. The van der Waals surface area contributed by atoms with Crippen LogP contribution < -0.4 is 5.32 Å². The highest BCUT2D eigenvalue weighted by Crippen LogP contribution is 2.31. The summed E-state index contributed by atoms with van der Waals surface area (Å²) in [5.74, 6) is 2.06. The number of nitrogens with zero attached hydrogens (tertiary/aromatic N) is 1. The van der Waals surface area contributed by atoms with Crippen LogP contribution in [0.4, 0.5) is 19.0 Å². The van der Waals surface area contributed by atoms with Gasteiger partial charge >= 0.3 is 6.18 Å². The van der Waals surface area contributed by atoms with E-state index in [1.807, 2.05) is 0 Å². The molecule has 0 saturated heterocycles. The normalized spacial score (nSPS) is 23.6. The van der Waals surface area contributed by atoms with Gasteiger partial charge in [-0.05, 0) is 36.8 Å². The van der Waals surface area contributed by atoms with Crippen molar-refractivity contribution in [1.29, 1.82) is 0 Å². The summed E-state index contributed by atoms with van der Waals surface area (Å²) in [5, 5.41) is 3.11. The van der Waals surface area contributed by atoms with Crippen molar-refractivity contribution in [3.63, 3.8) is 0 Å². The molecule has 0 aliphatic heterocycles. The minimum atomic E-state index is -4.32. The maximum Gasteiger partial charge on any atom is 0.417 e. The van der Waals surface area contributed by atoms with Crippen molar-refractivity contribution in [2.75, 3.05) is 11.9 Å². The quantitative estimate of drug-likeness (QED) is 0.865. The minimum absolute atomic E-state index is 0.516. The van der Waals surface area contributed by atoms with E-state index in [0.29, 0.717) is 5.82 Å². The van der Waals surface area contributed by atoms with Crippen LogP contribution in [0.5, 0.6) is 0 Å². The first-order valence-electron chi connectivity index (χ1n) is 7.22. The molecule has 112 valence electrons. The lowest BCUT2D eigenvalue weighted by molar-refractivity contribution is -0.137. The van der Waals surface area contributed by atoms with E-state index in [1.165, 1.54) is 31.7 Å². The SMILES string of the molecule is CC1CCCC(CCNc2ccc(C(F)(F)F)cn2)C1. The molecule has 1 aliphatic carbocycles. The molecule has 2 unspecified atom stereocenters. The Kier molecular flexibility index (Phi) is 4.89. The van der Waals surface area contributed by atoms with Gasteiger partial charge in [0.1, 0.15) is 5.82 Å². The van der Waals surface area contributed by atoms with Crippen molar-refractivity contribution in [3.05, 3.63) is 23.9 Å². The standard InChI is InChI=1S/C15H21F3N2/c1-11-3-2-4-12(9-11)7-8-19-14-6-5-13(10-20-14)15(16,17)18/h5-6,10-12H,2-4,7-9H2,1H3,(H,19,20). The number of hydrogen-bond donors (Lipinski definition) is 1. The zero-order chi connectivity index (χ0) is 14.6. The van der Waals surface area contributed by atoms with Crippen molar-refractivity contribution < 1.29 is 13.2 Å². The Morgan fingerprint density at radius 2 is 2.10 bits per heavy atom. The van der Waals surface area contributed by atoms with Crippen molar-refractivity contribution in [2.24, 2.45) is 11.8 Å². The van der Waals surface area contributed by atoms with E-state index in [-0.39, 0.29) is 0 Å². The monoisotopic (exact) mass is 286 g/mol. The summed E-state index contributed by atoms with van der Waals surface area (Å²) in [5.41, 5.74) is -0.704. The second kappa shape index (κ2) is 6.46. The predicted molar refractivity (Wildman–Crippen MR) is 73.5 cm³/mol. The van der Waals surface area contributed by atoms with Gasteiger partial charge in [-0.15, -0.1) is 0 Å². The number of hydrogen-bond acceptors (Lipinski definition) is 2. The van der Waals surface area contributed by atoms with Gasteiger partial charge in [0.25, 0.3) is 0 Å². The molecule has 1 fully saturated rings. The molecule has 0 aromatic carbocycles. The fraction of sp³-hybridized carbons (Fsp3) is 0.667. The molecule has 1 aromatic rings. The summed E-state index contributed by atoms with van der Waals surface area (Å²) in [6, 6.07) is 2.46. The molecule has 1 aromatic heterocycles. The second-order valence-corrected chi connectivity index (χ2v) is 5.78. The molecule has 2 atom stereocenters. The second-order valence-electron chi connectivity index (χ2n) is 5.78. The van der Waals surface area contributed by atoms with Crippen LogP contribution in [0, 0.1) is 11.8 Å². The van der Waals surface area contributed by atoms with Gasteiger partial charge in [0.2, 0.25) is 0 Å². The van der Waals surface area contributed by atoms with Crippen LogP contribution in [0.1, 0.15) is 44.6 Å². The van der Waals surface area contributed by atoms with E-state index in [4.69, 9.17) is 0 Å². The van der Waals surface area contributed by atoms with Gasteiger partial charge in [-0.1, -0.05) is 26.2 Å². The molecule has 2 rings (SSSR count). The Hall–Kier alpha value is -1.26. The molecule has 0 bridgehead atoms. The van der Waals surface area contributed by atoms with E-state index in [9.17, 15) is 13.2 Å². The highest BCUT2D eigenvalue weighted by molar-refractivity contribution is 5.36. The maximum absolute atomic E-state index is 12.4. The Labute approximate surface area is 117 Å². The van der Waals surface area contributed by atoms with Crippen LogP contribution in [-0.4, -0.2) is 11.5 Å². The molecule has 5 heteroatoms. The van der Waals surface area contributed by atoms with Crippen LogP contribution in [0.25, 0.3) is 0 Å². The van der Waals surface area contributed by atoms with E-state index in [0.717, 1.165) is 37.1 Å². The first kappa shape index (κ1) is 15.1. The Balaban J connectivity index is 1.77. The van der Waals surface area contributed by atoms with Crippen molar-refractivity contribution >= 4 is 5.82 Å². The van der Waals surface area contributed by atoms with Crippen LogP contribution in [0.15, 0.2) is 18.3 Å². The zero-order valence-electron chi connectivity index (χ0n) is 11.7. The highest BCUT2D eigenvalue weighted by atomic mass is 19.4. The molecule has 0 radical (unpaired) electrons. The fourth-order valence-electron chi connectivity index (χ4n) is 2.89. The third-order valence-electron chi connectivity index (χ3n) is 3.99. The summed E-state index contributed by atoms with van der Waals surface area (Å²) in [4.78, 5) is 3.81. The summed E-state index contributed by atoms with van der Waals surface area (Å²) >= 11 is 0. The van der Waals surface area contributed by atoms with Gasteiger partial charge in [-0.3, -0.25) is 0 Å². The lowest BCUT2D eigenvalue weighted by Crippen LogP contribution is -2.17. The summed E-state index contributed by atoms with van der Waals surface area (Å²) < 4.78 is 37.2. The molecule has 1 aliphatic rings. The molecule has 1 N–H and O–H groups in total. The molecule has 1 heterocycles. The number of pyridine rings is 1. The molecule has 0 amide bonds. The number of alkyl halides is 3. The average Bonchev–Trinajstić information content (AvgIpc) is 2.38. The van der Waals surface area contributed by atoms with Gasteiger partial charge in [-0.2, -0.15) is 13.2 Å². The molecule has 20 heavy (non-hydrogen) atoms. The van der Waals surface area contributed by atoms with Crippen LogP contribution in [0.2, 0.25) is 0 Å². The highest BCUT2D eigenvalue weighted by Gasteiger charge is 2.30. The lowest BCUT2D eigenvalue weighted by atomic mass is 9.81. The van der Waals surface area contributed by atoms with Crippen LogP contribution in [0.3, 0.4) is 0 Å². The number of aromatic nitrogens is 1. The average molecular weight is 286 g/mol. The topological polar surface area (TPSA) is 24.9 Å². The molecular weight excluding hydrogens is 265 g/mol. The third-order valence-corrected chi connectivity index (χ3v) is 3.99. The van der Waals surface area contributed by atoms with E-state index < -0.39 is 11.7 Å². The smallest absolute Gasteiger partial charge is 0.370 e. The van der Waals surface area contributed by atoms with E-state index in [1.54, 1.807) is 0 Å². The number of rotatable bonds is 4. The lowest BCUT2D eigenvalue weighted by Gasteiger charge is -2.26. The number of nitrogens with one attached hydrogen (secondary N) is 1. The first-order chi connectivity index (χ1) is 9.45. The molecular formula is C15H21F3N2. The van der Waals surface area contributed by atoms with Crippen LogP contribution in [-0.2, 0) is 6.18 Å². The maximum atomic E-state index is 12.4. The fourth-order valence-corrected chi connectivity index (χ4v) is 2.89. The summed E-state index contributed by atoms with van der Waals surface area (Å²) in [6.45, 7) is 3.06. The number of halogens is 3. The largest absolute Gasteiger partial charge is 0.417 e. The van der Waals surface area contributed by atoms with Gasteiger partial charge in [0.15, 0.2) is 0 Å². The van der Waals surface area contributed by atoms with Gasteiger partial charge in [-0.25, -0.2) is 4.98 Å². The van der Waals surface area contributed by atoms with E-state index >= 15 is 0 Å². The van der Waals surface area contributed by atoms with Gasteiger partial charge in [0.05, 0.1) is 5.56 Å². The van der Waals surface area contributed by atoms with Crippen molar-refractivity contribution in [2.45, 2.75) is 45.2 Å². The van der Waals surface area contributed by atoms with E-state index in [2.05, 4.69) is 17.2 Å². The molecule has 2 nitrogen and oxygen atoms in total. The summed E-state index contributed by atoms with van der Waals surface area (Å²) in [6.07, 6.45) is 2.78. The van der Waals surface area contributed by atoms with Gasteiger partial charge < -0.3 is 5.32 Å². The van der Waals surface area contributed by atoms with Crippen LogP contribution >= 0.6 is 0 Å². The number of anilines is 1. The summed E-state index contributed by atoms with van der Waals surface area (Å²) in [7, 11) is 0. The zero-order valence-corrected chi connectivity index (χ0v) is 11.7. The van der Waals surface area contributed by atoms with Gasteiger partial charge in [0, 0.05) is 12.7 Å². The third kappa shape index (κ3) is 4.39. The minimum Gasteiger partial charge on any atom is -0.370 e. The Morgan fingerprint density at radius 3 is 2.70 bits per heavy atom. The Bertz CT molecular complexity index is 414. The van der Waals surface area contributed by atoms with Crippen molar-refractivity contribution in [3.8, 4) is 0 Å². The molecule has 1 saturated carbocycles. The molecule has 0 spiro atoms. The Morgan fingerprint density at radius 1 is 1.30 bits per heavy atom.